The number of anilines is 1. The molecule has 2 aromatic rings. The number of thioether (sulfide) groups is 1. The molecule has 0 aromatic carbocycles. The van der Waals surface area contributed by atoms with Crippen molar-refractivity contribution in [2.24, 2.45) is 10.8 Å². The standard InChI is InChI=1S/C26H44N7O17P3S/c1-25(2,3)24(38)54-9-8-28-15(34)6-7-29-22(37)19(36)26(4,5)11-47-53(44,45)50-52(42,43)46-10-14-18(49-51(39,40)41)17(35)23(48-14)33-13-32-16-20(27)30-12-31-21(16)33/h12-14,17-19,23,35-36H,6-11H2,1-5H3,(H,28,34)(H,29,37)(H,42,43)(H,44,45)(H2,27,30,31)(H2,39,40,41). The van der Waals surface area contributed by atoms with E-state index < -0.39 is 90.0 Å². The van der Waals surface area contributed by atoms with E-state index in [0.717, 1.165) is 29.0 Å². The lowest BCUT2D eigenvalue weighted by Gasteiger charge is -2.30. The Labute approximate surface area is 312 Å². The highest BCUT2D eigenvalue weighted by molar-refractivity contribution is 8.13. The van der Waals surface area contributed by atoms with Crippen molar-refractivity contribution in [3.63, 3.8) is 0 Å². The first-order chi connectivity index (χ1) is 24.7. The lowest BCUT2D eigenvalue weighted by molar-refractivity contribution is -0.137. The van der Waals surface area contributed by atoms with Gasteiger partial charge in [0.15, 0.2) is 22.8 Å². The van der Waals surface area contributed by atoms with Crippen molar-refractivity contribution in [3.05, 3.63) is 12.7 Å². The summed E-state index contributed by atoms with van der Waals surface area (Å²) in [6, 6.07) is 0. The number of nitrogens with one attached hydrogen (secondary N) is 2. The molecular weight excluding hydrogens is 807 g/mol. The summed E-state index contributed by atoms with van der Waals surface area (Å²) >= 11 is 1.08. The Balaban J connectivity index is 1.51. The van der Waals surface area contributed by atoms with Crippen LogP contribution < -0.4 is 16.4 Å². The molecule has 3 heterocycles. The smallest absolute Gasteiger partial charge is 0.386 e. The minimum Gasteiger partial charge on any atom is -0.386 e. The number of hydrogen-bond acceptors (Lipinski definition) is 18. The summed E-state index contributed by atoms with van der Waals surface area (Å²) in [5, 5.41) is 26.3. The number of nitrogens with two attached hydrogens (primary N) is 1. The van der Waals surface area contributed by atoms with E-state index in [9.17, 15) is 57.9 Å². The molecular formula is C26H44N7O17P3S. The van der Waals surface area contributed by atoms with Gasteiger partial charge in [-0.1, -0.05) is 46.4 Å². The summed E-state index contributed by atoms with van der Waals surface area (Å²) in [6.45, 7) is 5.83. The number of phosphoric ester groups is 3. The summed E-state index contributed by atoms with van der Waals surface area (Å²) in [5.74, 6) is -1.10. The van der Waals surface area contributed by atoms with Gasteiger partial charge in [-0.15, -0.1) is 0 Å². The van der Waals surface area contributed by atoms with Gasteiger partial charge >= 0.3 is 23.5 Å². The normalized spacial score (nSPS) is 22.4. The molecule has 54 heavy (non-hydrogen) atoms. The van der Waals surface area contributed by atoms with E-state index >= 15 is 0 Å². The third-order valence-corrected chi connectivity index (χ3v) is 11.7. The van der Waals surface area contributed by atoms with E-state index in [-0.39, 0.29) is 41.6 Å². The van der Waals surface area contributed by atoms with Crippen molar-refractivity contribution in [1.29, 1.82) is 0 Å². The maximum Gasteiger partial charge on any atom is 0.481 e. The molecule has 10 N–H and O–H groups in total. The Morgan fingerprint density at radius 2 is 1.67 bits per heavy atom. The summed E-state index contributed by atoms with van der Waals surface area (Å²) in [7, 11) is -16.4. The van der Waals surface area contributed by atoms with Gasteiger partial charge in [0.05, 0.1) is 19.5 Å². The predicted octanol–water partition coefficient (Wildman–Crippen LogP) is -0.289. The second-order valence-electron chi connectivity index (χ2n) is 13.5. The van der Waals surface area contributed by atoms with Crippen LogP contribution in [0.4, 0.5) is 5.82 Å². The van der Waals surface area contributed by atoms with E-state index in [1.54, 1.807) is 20.8 Å². The van der Waals surface area contributed by atoms with Crippen LogP contribution in [0.3, 0.4) is 0 Å². The quantitative estimate of drug-likeness (QED) is 0.0647. The van der Waals surface area contributed by atoms with Crippen molar-refractivity contribution in [2.45, 2.75) is 71.7 Å². The molecule has 0 radical (unpaired) electrons. The molecule has 1 fully saturated rings. The lowest BCUT2D eigenvalue weighted by Crippen LogP contribution is -2.46. The number of carbonyl (C=O) groups excluding carboxylic acids is 3. The van der Waals surface area contributed by atoms with Gasteiger partial charge in [0, 0.05) is 36.1 Å². The number of aliphatic hydroxyl groups is 2. The van der Waals surface area contributed by atoms with E-state index in [1.807, 2.05) is 0 Å². The second-order valence-corrected chi connectivity index (χ2v) is 18.8. The molecule has 306 valence electrons. The van der Waals surface area contributed by atoms with Crippen molar-refractivity contribution in [2.75, 3.05) is 37.8 Å². The number of amides is 2. The highest BCUT2D eigenvalue weighted by atomic mass is 32.2. The highest BCUT2D eigenvalue weighted by Crippen LogP contribution is 2.61. The first-order valence-corrected chi connectivity index (χ1v) is 21.3. The zero-order chi connectivity index (χ0) is 40.9. The fourth-order valence-corrected chi connectivity index (χ4v) is 8.14. The number of ether oxygens (including phenoxy) is 1. The molecule has 7 unspecified atom stereocenters. The average Bonchev–Trinajstić information content (AvgIpc) is 3.60. The molecule has 2 amide bonds. The van der Waals surface area contributed by atoms with Crippen molar-refractivity contribution in [3.8, 4) is 0 Å². The minimum absolute atomic E-state index is 0.0307. The Kier molecular flexibility index (Phi) is 15.5. The van der Waals surface area contributed by atoms with Crippen LogP contribution in [0.25, 0.3) is 11.2 Å². The maximum atomic E-state index is 12.7. The van der Waals surface area contributed by atoms with E-state index in [0.29, 0.717) is 5.75 Å². The monoisotopic (exact) mass is 851 g/mol. The zero-order valence-electron chi connectivity index (χ0n) is 29.6. The molecule has 1 saturated heterocycles. The van der Waals surface area contributed by atoms with Crippen LogP contribution in [0.15, 0.2) is 12.7 Å². The number of nitrogens with zero attached hydrogens (tertiary/aromatic N) is 4. The third-order valence-electron chi connectivity index (χ3n) is 7.35. The minimum atomic E-state index is -5.56. The van der Waals surface area contributed by atoms with Gasteiger partial charge in [-0.3, -0.25) is 32.5 Å². The highest BCUT2D eigenvalue weighted by Gasteiger charge is 2.50. The number of hydrogen-bond donors (Lipinski definition) is 9. The molecule has 28 heteroatoms. The summed E-state index contributed by atoms with van der Waals surface area (Å²) in [5.41, 5.74) is 3.74. The fourth-order valence-electron chi connectivity index (χ4n) is 4.49. The molecule has 1 aliphatic heterocycles. The third kappa shape index (κ3) is 13.4. The summed E-state index contributed by atoms with van der Waals surface area (Å²) in [6.07, 6.45) is -6.90. The van der Waals surface area contributed by atoms with Crippen LogP contribution in [0.2, 0.25) is 0 Å². The van der Waals surface area contributed by atoms with Gasteiger partial charge in [0.25, 0.3) is 0 Å². The Morgan fingerprint density at radius 1 is 1.02 bits per heavy atom. The molecule has 0 aliphatic carbocycles. The van der Waals surface area contributed by atoms with Crippen molar-refractivity contribution in [1.82, 2.24) is 30.2 Å². The number of aromatic nitrogens is 4. The number of fused-ring (bicyclic) bond motifs is 1. The van der Waals surface area contributed by atoms with Gasteiger partial charge < -0.3 is 50.9 Å². The van der Waals surface area contributed by atoms with E-state index in [2.05, 4.69) is 34.4 Å². The van der Waals surface area contributed by atoms with Crippen LogP contribution in [-0.2, 0) is 50.7 Å². The Hall–Kier alpha value is -2.44. The number of aliphatic hydroxyl groups excluding tert-OH is 2. The summed E-state index contributed by atoms with van der Waals surface area (Å²) in [4.78, 5) is 87.4. The average molecular weight is 852 g/mol. The van der Waals surface area contributed by atoms with Crippen LogP contribution in [0, 0.1) is 10.8 Å². The number of rotatable bonds is 19. The summed E-state index contributed by atoms with van der Waals surface area (Å²) < 4.78 is 62.0. The number of carbonyl (C=O) groups is 3. The maximum absolute atomic E-state index is 12.7. The van der Waals surface area contributed by atoms with Crippen LogP contribution in [0.1, 0.15) is 47.3 Å². The van der Waals surface area contributed by atoms with Gasteiger partial charge in [0.2, 0.25) is 11.8 Å². The van der Waals surface area contributed by atoms with Crippen LogP contribution >= 0.6 is 35.2 Å². The number of nitrogen functional groups attached to an aromatic ring is 1. The SMILES string of the molecule is CC(C)(C)C(=O)SCCNC(=O)CCNC(=O)C(O)C(C)(C)COP(=O)(O)OP(=O)(O)OCC1OC(n2cnc3c(N)ncnc32)C(O)C1OP(=O)(O)O. The van der Waals surface area contributed by atoms with Gasteiger partial charge in [-0.25, -0.2) is 28.6 Å². The molecule has 0 bridgehead atoms. The molecule has 0 saturated carbocycles. The molecule has 3 rings (SSSR count). The Morgan fingerprint density at radius 3 is 2.30 bits per heavy atom. The predicted molar refractivity (Wildman–Crippen MR) is 187 cm³/mol. The zero-order valence-corrected chi connectivity index (χ0v) is 33.1. The second kappa shape index (κ2) is 18.2. The molecule has 0 spiro atoms. The molecule has 1 aliphatic rings. The topological polar surface area (TPSA) is 364 Å². The van der Waals surface area contributed by atoms with Gasteiger partial charge in [-0.2, -0.15) is 4.31 Å². The first-order valence-electron chi connectivity index (χ1n) is 15.8. The van der Waals surface area contributed by atoms with Crippen molar-refractivity contribution >= 4 is 69.1 Å². The van der Waals surface area contributed by atoms with Gasteiger partial charge in [-0.05, 0) is 0 Å². The van der Waals surface area contributed by atoms with E-state index in [4.69, 9.17) is 19.5 Å². The first kappa shape index (κ1) is 45.9. The Bertz CT molecular complexity index is 1800. The van der Waals surface area contributed by atoms with E-state index in [1.165, 1.54) is 13.8 Å². The van der Waals surface area contributed by atoms with Gasteiger partial charge in [0.1, 0.15) is 36.3 Å². The largest absolute Gasteiger partial charge is 0.481 e. The fraction of sp³-hybridized carbons (Fsp3) is 0.692. The van der Waals surface area contributed by atoms with Crippen LogP contribution in [0.5, 0.6) is 0 Å². The number of phosphoric acid groups is 3. The molecule has 7 atom stereocenters. The lowest BCUT2D eigenvalue weighted by atomic mass is 9.87. The van der Waals surface area contributed by atoms with Crippen molar-refractivity contribution < 1.29 is 80.5 Å². The molecule has 2 aromatic heterocycles. The number of imidazole rings is 1. The van der Waals surface area contributed by atoms with Crippen LogP contribution in [-0.4, -0.2) is 123 Å². The molecule has 24 nitrogen and oxygen atoms in total.